The average Bonchev–Trinajstić information content (AvgIpc) is 2.28. The van der Waals surface area contributed by atoms with E-state index in [1.54, 1.807) is 6.92 Å². The lowest BCUT2D eigenvalue weighted by molar-refractivity contribution is -0.274. The predicted octanol–water partition coefficient (Wildman–Crippen LogP) is 3.22. The summed E-state index contributed by atoms with van der Waals surface area (Å²) in [6.45, 7) is 1.81. The monoisotopic (exact) mass is 280 g/mol. The molecule has 1 aromatic carbocycles. The summed E-state index contributed by atoms with van der Waals surface area (Å²) >= 11 is 0. The molecule has 0 unspecified atom stereocenters. The molecule has 0 N–H and O–H groups in total. The minimum Gasteiger partial charge on any atom is -0.466 e. The Hall–Kier alpha value is -1.79. The number of halogens is 4. The molecule has 0 bridgehead atoms. The fourth-order valence-corrected chi connectivity index (χ4v) is 1.41. The first-order valence-electron chi connectivity index (χ1n) is 5.51. The van der Waals surface area contributed by atoms with Crippen LogP contribution in [0.15, 0.2) is 18.2 Å². The van der Waals surface area contributed by atoms with Gasteiger partial charge in [-0.3, -0.25) is 4.79 Å². The van der Waals surface area contributed by atoms with Crippen molar-refractivity contribution in [3.8, 4) is 5.75 Å². The maximum absolute atomic E-state index is 13.3. The van der Waals surface area contributed by atoms with Gasteiger partial charge in [0.05, 0.1) is 6.61 Å². The van der Waals surface area contributed by atoms with Gasteiger partial charge in [-0.15, -0.1) is 13.2 Å². The molecule has 3 nitrogen and oxygen atoms in total. The first kappa shape index (κ1) is 15.3. The lowest BCUT2D eigenvalue weighted by Crippen LogP contribution is -2.17. The van der Waals surface area contributed by atoms with Crippen molar-refractivity contribution >= 4 is 5.97 Å². The molecule has 0 aliphatic carbocycles. The topological polar surface area (TPSA) is 35.5 Å². The smallest absolute Gasteiger partial charge is 0.466 e. The summed E-state index contributed by atoms with van der Waals surface area (Å²) in [4.78, 5) is 11.1. The summed E-state index contributed by atoms with van der Waals surface area (Å²) in [5, 5.41) is 0. The molecule has 0 fully saturated rings. The van der Waals surface area contributed by atoms with Gasteiger partial charge in [-0.1, -0.05) is 0 Å². The van der Waals surface area contributed by atoms with Crippen molar-refractivity contribution in [1.29, 1.82) is 0 Å². The van der Waals surface area contributed by atoms with Gasteiger partial charge in [-0.2, -0.15) is 0 Å². The van der Waals surface area contributed by atoms with E-state index in [1.807, 2.05) is 0 Å². The molecular formula is C12H12F4O3. The zero-order valence-electron chi connectivity index (χ0n) is 10.1. The van der Waals surface area contributed by atoms with Crippen molar-refractivity contribution in [1.82, 2.24) is 0 Å². The van der Waals surface area contributed by atoms with Crippen LogP contribution in [0, 0.1) is 5.82 Å². The van der Waals surface area contributed by atoms with Crippen LogP contribution in [0.4, 0.5) is 17.6 Å². The number of alkyl halides is 3. The Labute approximate surface area is 107 Å². The van der Waals surface area contributed by atoms with E-state index in [1.165, 1.54) is 0 Å². The van der Waals surface area contributed by atoms with Gasteiger partial charge >= 0.3 is 12.3 Å². The van der Waals surface area contributed by atoms with Crippen molar-refractivity contribution in [2.75, 3.05) is 6.61 Å². The summed E-state index contributed by atoms with van der Waals surface area (Å²) < 4.78 is 57.7. The standard InChI is InChI=1S/C12H12F4O3/c1-2-18-11(17)6-3-8-7-9(4-5-10(8)13)19-12(14,15)16/h4-5,7H,2-3,6H2,1H3. The fraction of sp³-hybridized carbons (Fsp3) is 0.417. The highest BCUT2D eigenvalue weighted by Crippen LogP contribution is 2.25. The van der Waals surface area contributed by atoms with Gasteiger partial charge in [0.15, 0.2) is 0 Å². The number of carbonyl (C=O) groups excluding carboxylic acids is 1. The fourth-order valence-electron chi connectivity index (χ4n) is 1.41. The first-order chi connectivity index (χ1) is 8.81. The molecule has 0 heterocycles. The van der Waals surface area contributed by atoms with Crippen LogP contribution in [-0.4, -0.2) is 18.9 Å². The van der Waals surface area contributed by atoms with Gasteiger partial charge in [0.25, 0.3) is 0 Å². The second-order valence-electron chi connectivity index (χ2n) is 3.61. The van der Waals surface area contributed by atoms with Crippen molar-refractivity contribution in [3.05, 3.63) is 29.6 Å². The number of hydrogen-bond donors (Lipinski definition) is 0. The molecule has 0 aliphatic heterocycles. The SMILES string of the molecule is CCOC(=O)CCc1cc(OC(F)(F)F)ccc1F. The van der Waals surface area contributed by atoms with Crippen LogP contribution in [-0.2, 0) is 16.0 Å². The van der Waals surface area contributed by atoms with Crippen LogP contribution in [0.1, 0.15) is 18.9 Å². The van der Waals surface area contributed by atoms with Gasteiger partial charge in [-0.05, 0) is 37.1 Å². The van der Waals surface area contributed by atoms with Crippen LogP contribution < -0.4 is 4.74 Å². The van der Waals surface area contributed by atoms with E-state index in [0.717, 1.165) is 18.2 Å². The van der Waals surface area contributed by atoms with E-state index < -0.39 is 23.9 Å². The molecule has 1 aromatic rings. The normalized spacial score (nSPS) is 11.2. The van der Waals surface area contributed by atoms with E-state index >= 15 is 0 Å². The number of esters is 1. The zero-order valence-corrected chi connectivity index (χ0v) is 10.1. The number of aryl methyl sites for hydroxylation is 1. The van der Waals surface area contributed by atoms with Crippen LogP contribution in [0.25, 0.3) is 0 Å². The minimum atomic E-state index is -4.84. The van der Waals surface area contributed by atoms with Crippen molar-refractivity contribution in [2.45, 2.75) is 26.1 Å². The largest absolute Gasteiger partial charge is 0.573 e. The first-order valence-corrected chi connectivity index (χ1v) is 5.51. The van der Waals surface area contributed by atoms with Crippen molar-refractivity contribution in [3.63, 3.8) is 0 Å². The second kappa shape index (κ2) is 6.40. The lowest BCUT2D eigenvalue weighted by Gasteiger charge is -2.10. The molecular weight excluding hydrogens is 268 g/mol. The van der Waals surface area contributed by atoms with E-state index in [-0.39, 0.29) is 25.0 Å². The van der Waals surface area contributed by atoms with Gasteiger partial charge in [0.2, 0.25) is 0 Å². The summed E-state index contributed by atoms with van der Waals surface area (Å²) in [5.41, 5.74) is -0.0326. The Bertz CT molecular complexity index is 443. The Morgan fingerprint density at radius 2 is 2.00 bits per heavy atom. The molecule has 7 heteroatoms. The number of ether oxygens (including phenoxy) is 2. The van der Waals surface area contributed by atoms with Crippen LogP contribution in [0.5, 0.6) is 5.75 Å². The molecule has 0 amide bonds. The van der Waals surface area contributed by atoms with Gasteiger partial charge in [0, 0.05) is 6.42 Å². The molecule has 106 valence electrons. The molecule has 0 radical (unpaired) electrons. The number of hydrogen-bond acceptors (Lipinski definition) is 3. The predicted molar refractivity (Wildman–Crippen MR) is 58.0 cm³/mol. The van der Waals surface area contributed by atoms with Crippen LogP contribution in [0.3, 0.4) is 0 Å². The second-order valence-corrected chi connectivity index (χ2v) is 3.61. The van der Waals surface area contributed by atoms with E-state index in [0.29, 0.717) is 0 Å². The Kier molecular flexibility index (Phi) is 5.14. The van der Waals surface area contributed by atoms with Crippen molar-refractivity contribution < 1.29 is 31.8 Å². The Morgan fingerprint density at radius 3 is 2.58 bits per heavy atom. The third-order valence-electron chi connectivity index (χ3n) is 2.15. The van der Waals surface area contributed by atoms with E-state index in [4.69, 9.17) is 0 Å². The molecule has 19 heavy (non-hydrogen) atoms. The number of carbonyl (C=O) groups is 1. The summed E-state index contributed by atoms with van der Waals surface area (Å²) in [5.74, 6) is -1.75. The maximum Gasteiger partial charge on any atom is 0.573 e. The summed E-state index contributed by atoms with van der Waals surface area (Å²) in [6.07, 6.45) is -5.00. The molecule has 0 saturated carbocycles. The molecule has 1 rings (SSSR count). The highest BCUT2D eigenvalue weighted by molar-refractivity contribution is 5.69. The summed E-state index contributed by atoms with van der Waals surface area (Å²) in [7, 11) is 0. The van der Waals surface area contributed by atoms with Crippen molar-refractivity contribution in [2.24, 2.45) is 0 Å². The van der Waals surface area contributed by atoms with E-state index in [9.17, 15) is 22.4 Å². The number of rotatable bonds is 5. The third-order valence-corrected chi connectivity index (χ3v) is 2.15. The van der Waals surface area contributed by atoms with Crippen LogP contribution in [0.2, 0.25) is 0 Å². The lowest BCUT2D eigenvalue weighted by atomic mass is 10.1. The molecule has 0 aromatic heterocycles. The highest BCUT2D eigenvalue weighted by atomic mass is 19.4. The van der Waals surface area contributed by atoms with Gasteiger partial charge < -0.3 is 9.47 Å². The number of benzene rings is 1. The quantitative estimate of drug-likeness (QED) is 0.613. The average molecular weight is 280 g/mol. The molecule has 0 spiro atoms. The Morgan fingerprint density at radius 1 is 1.32 bits per heavy atom. The summed E-state index contributed by atoms with van der Waals surface area (Å²) in [6, 6.07) is 2.65. The highest BCUT2D eigenvalue weighted by Gasteiger charge is 2.31. The third kappa shape index (κ3) is 5.58. The molecule has 0 atom stereocenters. The zero-order chi connectivity index (χ0) is 14.5. The molecule has 0 aliphatic rings. The van der Waals surface area contributed by atoms with E-state index in [2.05, 4.69) is 9.47 Å². The van der Waals surface area contributed by atoms with Gasteiger partial charge in [-0.25, -0.2) is 4.39 Å². The van der Waals surface area contributed by atoms with Crippen LogP contribution >= 0.6 is 0 Å². The van der Waals surface area contributed by atoms with Gasteiger partial charge in [0.1, 0.15) is 11.6 Å². The maximum atomic E-state index is 13.3. The Balaban J connectivity index is 2.72. The molecule has 0 saturated heterocycles. The minimum absolute atomic E-state index is 0.0326.